The number of nitrogens with zero attached hydrogens (tertiary/aromatic N) is 1. The molecule has 0 bridgehead atoms. The lowest BCUT2D eigenvalue weighted by molar-refractivity contribution is -0.126. The fourth-order valence-corrected chi connectivity index (χ4v) is 3.65. The van der Waals surface area contributed by atoms with Gasteiger partial charge in [-0.3, -0.25) is 9.59 Å². The third-order valence-electron chi connectivity index (χ3n) is 5.46. The maximum Gasteiger partial charge on any atom is 0.246 e. The van der Waals surface area contributed by atoms with E-state index in [4.69, 9.17) is 4.42 Å². The van der Waals surface area contributed by atoms with Crippen molar-refractivity contribution in [1.29, 1.82) is 0 Å². The van der Waals surface area contributed by atoms with Gasteiger partial charge in [0.05, 0.1) is 6.20 Å². The molecular formula is C23H31N3O3. The highest BCUT2D eigenvalue weighted by Gasteiger charge is 2.20. The molecule has 29 heavy (non-hydrogen) atoms. The third kappa shape index (κ3) is 5.92. The summed E-state index contributed by atoms with van der Waals surface area (Å²) < 4.78 is 5.75. The number of carbonyl (C=O) groups is 2. The summed E-state index contributed by atoms with van der Waals surface area (Å²) in [5.74, 6) is 1.88. The second-order valence-electron chi connectivity index (χ2n) is 8.29. The number of oxazole rings is 1. The lowest BCUT2D eigenvalue weighted by Gasteiger charge is -2.22. The zero-order valence-corrected chi connectivity index (χ0v) is 17.5. The molecule has 1 aliphatic carbocycles. The molecule has 1 aliphatic rings. The van der Waals surface area contributed by atoms with Gasteiger partial charge in [0, 0.05) is 23.6 Å². The van der Waals surface area contributed by atoms with Crippen LogP contribution < -0.4 is 10.6 Å². The predicted molar refractivity (Wildman–Crippen MR) is 113 cm³/mol. The largest absolute Gasteiger partial charge is 0.441 e. The lowest BCUT2D eigenvalue weighted by Crippen LogP contribution is -2.42. The normalized spacial score (nSPS) is 15.9. The monoisotopic (exact) mass is 397 g/mol. The quantitative estimate of drug-likeness (QED) is 0.697. The lowest BCUT2D eigenvalue weighted by atomic mass is 9.87. The van der Waals surface area contributed by atoms with Crippen molar-refractivity contribution in [3.05, 3.63) is 36.2 Å². The Morgan fingerprint density at radius 1 is 1.10 bits per heavy atom. The zero-order chi connectivity index (χ0) is 20.8. The van der Waals surface area contributed by atoms with Gasteiger partial charge in [-0.1, -0.05) is 33.1 Å². The first-order valence-electron chi connectivity index (χ1n) is 10.6. The van der Waals surface area contributed by atoms with Crippen LogP contribution in [0.15, 0.2) is 34.9 Å². The van der Waals surface area contributed by atoms with Gasteiger partial charge in [0.15, 0.2) is 0 Å². The summed E-state index contributed by atoms with van der Waals surface area (Å²) in [5, 5.41) is 5.67. The molecule has 6 nitrogen and oxygen atoms in total. The Morgan fingerprint density at radius 2 is 1.79 bits per heavy atom. The van der Waals surface area contributed by atoms with Crippen molar-refractivity contribution < 1.29 is 14.0 Å². The van der Waals surface area contributed by atoms with Crippen LogP contribution in [0.2, 0.25) is 0 Å². The van der Waals surface area contributed by atoms with Gasteiger partial charge in [0.25, 0.3) is 0 Å². The number of benzene rings is 1. The summed E-state index contributed by atoms with van der Waals surface area (Å²) in [7, 11) is 0. The summed E-state index contributed by atoms with van der Waals surface area (Å²) in [6.45, 7) is 5.82. The number of rotatable bonds is 7. The van der Waals surface area contributed by atoms with Crippen LogP contribution in [0.3, 0.4) is 0 Å². The van der Waals surface area contributed by atoms with Crippen LogP contribution >= 0.6 is 0 Å². The molecule has 1 heterocycles. The van der Waals surface area contributed by atoms with Gasteiger partial charge in [-0.2, -0.15) is 0 Å². The van der Waals surface area contributed by atoms with Gasteiger partial charge < -0.3 is 15.1 Å². The Hall–Kier alpha value is -2.63. The first kappa shape index (κ1) is 21.1. The number of amides is 2. The highest BCUT2D eigenvalue weighted by Crippen LogP contribution is 2.26. The van der Waals surface area contributed by atoms with E-state index in [2.05, 4.69) is 29.5 Å². The van der Waals surface area contributed by atoms with E-state index in [1.807, 2.05) is 24.3 Å². The van der Waals surface area contributed by atoms with Gasteiger partial charge in [-0.05, 0) is 49.9 Å². The van der Waals surface area contributed by atoms with E-state index in [1.54, 1.807) is 13.1 Å². The molecule has 6 heteroatoms. The summed E-state index contributed by atoms with van der Waals surface area (Å²) in [6, 6.07) is 6.76. The molecule has 1 unspecified atom stereocenters. The number of aromatic nitrogens is 1. The first-order chi connectivity index (χ1) is 13.9. The molecule has 2 aromatic rings. The van der Waals surface area contributed by atoms with Crippen LogP contribution in [0.5, 0.6) is 0 Å². The van der Waals surface area contributed by atoms with E-state index in [1.165, 1.54) is 19.3 Å². The molecule has 0 radical (unpaired) electrons. The maximum absolute atomic E-state index is 12.4. The molecule has 1 saturated carbocycles. The minimum atomic E-state index is -0.578. The van der Waals surface area contributed by atoms with Gasteiger partial charge in [0.1, 0.15) is 11.8 Å². The number of hydrogen-bond donors (Lipinski definition) is 2. The Kier molecular flexibility index (Phi) is 7.07. The summed E-state index contributed by atoms with van der Waals surface area (Å²) in [5.41, 5.74) is 1.52. The van der Waals surface area contributed by atoms with Crippen molar-refractivity contribution in [2.75, 3.05) is 5.32 Å². The topological polar surface area (TPSA) is 84.2 Å². The van der Waals surface area contributed by atoms with Crippen molar-refractivity contribution in [2.24, 2.45) is 5.92 Å². The van der Waals surface area contributed by atoms with Crippen LogP contribution in [0, 0.1) is 5.92 Å². The summed E-state index contributed by atoms with van der Waals surface area (Å²) >= 11 is 0. The molecular weight excluding hydrogens is 366 g/mol. The fraction of sp³-hybridized carbons (Fsp3) is 0.522. The molecule has 2 N–H and O–H groups in total. The molecule has 2 amide bonds. The Balaban J connectivity index is 1.50. The van der Waals surface area contributed by atoms with E-state index in [9.17, 15) is 9.59 Å². The average molecular weight is 398 g/mol. The second-order valence-corrected chi connectivity index (χ2v) is 8.29. The van der Waals surface area contributed by atoms with Crippen LogP contribution in [0.25, 0.3) is 11.5 Å². The van der Waals surface area contributed by atoms with Crippen molar-refractivity contribution in [3.63, 3.8) is 0 Å². The predicted octanol–water partition coefficient (Wildman–Crippen LogP) is 4.88. The van der Waals surface area contributed by atoms with Gasteiger partial charge in [-0.15, -0.1) is 0 Å². The third-order valence-corrected chi connectivity index (χ3v) is 5.46. The number of anilines is 1. The number of carbonyl (C=O) groups excluding carboxylic acids is 2. The number of hydrogen-bond acceptors (Lipinski definition) is 4. The molecule has 1 atom stereocenters. The zero-order valence-electron chi connectivity index (χ0n) is 17.5. The van der Waals surface area contributed by atoms with Crippen molar-refractivity contribution in [1.82, 2.24) is 10.3 Å². The van der Waals surface area contributed by atoms with Crippen LogP contribution in [-0.2, 0) is 9.59 Å². The highest BCUT2D eigenvalue weighted by molar-refractivity contribution is 5.97. The van der Waals surface area contributed by atoms with Gasteiger partial charge in [-0.25, -0.2) is 4.98 Å². The van der Waals surface area contributed by atoms with E-state index < -0.39 is 6.04 Å². The standard InChI is InChI=1S/C23H31N3O3/c1-15(2)20-14-24-23(29-20)18-9-11-19(12-10-18)26-22(28)16(3)25-21(27)13-17-7-5-4-6-8-17/h9-12,14-17H,4-8,13H2,1-3H3,(H,25,27)(H,26,28). The first-order valence-corrected chi connectivity index (χ1v) is 10.6. The van der Waals surface area contributed by atoms with Gasteiger partial charge >= 0.3 is 0 Å². The smallest absolute Gasteiger partial charge is 0.246 e. The fourth-order valence-electron chi connectivity index (χ4n) is 3.65. The van der Waals surface area contributed by atoms with Gasteiger partial charge in [0.2, 0.25) is 17.7 Å². The van der Waals surface area contributed by atoms with Crippen molar-refractivity contribution in [2.45, 2.75) is 71.3 Å². The Bertz CT molecular complexity index is 820. The molecule has 1 aromatic heterocycles. The van der Waals surface area contributed by atoms with E-state index in [0.29, 0.717) is 23.9 Å². The molecule has 1 fully saturated rings. The van der Waals surface area contributed by atoms with E-state index in [-0.39, 0.29) is 17.7 Å². The molecule has 0 spiro atoms. The number of nitrogens with one attached hydrogen (secondary N) is 2. The molecule has 3 rings (SSSR count). The van der Waals surface area contributed by atoms with Crippen molar-refractivity contribution >= 4 is 17.5 Å². The molecule has 0 saturated heterocycles. The van der Waals surface area contributed by atoms with Crippen LogP contribution in [-0.4, -0.2) is 22.8 Å². The van der Waals surface area contributed by atoms with Crippen LogP contribution in [0.1, 0.15) is 71.0 Å². The summed E-state index contributed by atoms with van der Waals surface area (Å²) in [6.07, 6.45) is 8.17. The highest BCUT2D eigenvalue weighted by atomic mass is 16.4. The second kappa shape index (κ2) is 9.72. The SMILES string of the molecule is CC(NC(=O)CC1CCCCC1)C(=O)Nc1ccc(-c2ncc(C(C)C)o2)cc1. The van der Waals surface area contributed by atoms with E-state index >= 15 is 0 Å². The Labute approximate surface area is 172 Å². The van der Waals surface area contributed by atoms with Crippen molar-refractivity contribution in [3.8, 4) is 11.5 Å². The Morgan fingerprint density at radius 3 is 2.41 bits per heavy atom. The minimum Gasteiger partial charge on any atom is -0.441 e. The molecule has 1 aromatic carbocycles. The molecule has 156 valence electrons. The minimum absolute atomic E-state index is 0.0419. The average Bonchev–Trinajstić information content (AvgIpc) is 3.20. The van der Waals surface area contributed by atoms with E-state index in [0.717, 1.165) is 24.2 Å². The summed E-state index contributed by atoms with van der Waals surface area (Å²) in [4.78, 5) is 28.9. The van der Waals surface area contributed by atoms with Crippen LogP contribution in [0.4, 0.5) is 5.69 Å². The maximum atomic E-state index is 12.4. The molecule has 0 aliphatic heterocycles.